The molecular weight excluding hydrogens is 172 g/mol. The molecule has 2 heteroatoms. The first-order valence-electron chi connectivity index (χ1n) is 5.70. The van der Waals surface area contributed by atoms with Crippen LogP contribution >= 0.6 is 0 Å². The number of nitrogens with zero attached hydrogens (tertiary/aromatic N) is 2. The minimum atomic E-state index is 0.888. The predicted molar refractivity (Wildman–Crippen MR) is 60.3 cm³/mol. The van der Waals surface area contributed by atoms with E-state index < -0.39 is 0 Å². The first-order chi connectivity index (χ1) is 6.72. The Morgan fingerprint density at radius 1 is 1.43 bits per heavy atom. The van der Waals surface area contributed by atoms with Crippen LogP contribution in [0.4, 0.5) is 0 Å². The van der Waals surface area contributed by atoms with Crippen LogP contribution in [0.15, 0.2) is 12.5 Å². The van der Waals surface area contributed by atoms with Gasteiger partial charge in [-0.05, 0) is 19.3 Å². The zero-order chi connectivity index (χ0) is 10.4. The lowest BCUT2D eigenvalue weighted by molar-refractivity contribution is 0.468. The molecule has 1 unspecified atom stereocenters. The molecule has 80 valence electrons. The van der Waals surface area contributed by atoms with Crippen molar-refractivity contribution in [3.05, 3.63) is 18.2 Å². The Bertz CT molecular complexity index is 253. The molecule has 0 spiro atoms. The predicted octanol–water partition coefficient (Wildman–Crippen LogP) is 3.41. The topological polar surface area (TPSA) is 17.8 Å². The lowest BCUT2D eigenvalue weighted by atomic mass is 10.0. The highest BCUT2D eigenvalue weighted by molar-refractivity contribution is 4.91. The van der Waals surface area contributed by atoms with Gasteiger partial charge < -0.3 is 4.57 Å². The van der Waals surface area contributed by atoms with Gasteiger partial charge in [0.1, 0.15) is 0 Å². The third-order valence-electron chi connectivity index (χ3n) is 2.82. The number of imidazole rings is 1. The van der Waals surface area contributed by atoms with Gasteiger partial charge in [0.05, 0.1) is 12.0 Å². The van der Waals surface area contributed by atoms with E-state index >= 15 is 0 Å². The Kier molecular flexibility index (Phi) is 4.71. The first-order valence-corrected chi connectivity index (χ1v) is 5.70. The molecule has 1 atom stereocenters. The number of hydrogen-bond acceptors (Lipinski definition) is 1. The first kappa shape index (κ1) is 11.3. The summed E-state index contributed by atoms with van der Waals surface area (Å²) in [6.45, 7) is 7.76. The Labute approximate surface area is 87.4 Å². The summed E-state index contributed by atoms with van der Waals surface area (Å²) in [5.41, 5.74) is 1.12. The van der Waals surface area contributed by atoms with Crippen molar-refractivity contribution in [3.63, 3.8) is 0 Å². The van der Waals surface area contributed by atoms with Gasteiger partial charge in [-0.3, -0.25) is 0 Å². The third-order valence-corrected chi connectivity index (χ3v) is 2.82. The van der Waals surface area contributed by atoms with Crippen molar-refractivity contribution in [3.8, 4) is 0 Å². The zero-order valence-electron chi connectivity index (χ0n) is 9.66. The summed E-state index contributed by atoms with van der Waals surface area (Å²) in [5.74, 6) is 0.888. The van der Waals surface area contributed by atoms with Gasteiger partial charge in [0.2, 0.25) is 0 Å². The second kappa shape index (κ2) is 5.84. The van der Waals surface area contributed by atoms with Crippen LogP contribution in [0, 0.1) is 12.8 Å². The summed E-state index contributed by atoms with van der Waals surface area (Å²) in [6, 6.07) is 0. The van der Waals surface area contributed by atoms with Crippen LogP contribution in [0.3, 0.4) is 0 Å². The van der Waals surface area contributed by atoms with E-state index in [9.17, 15) is 0 Å². The van der Waals surface area contributed by atoms with Crippen molar-refractivity contribution in [2.75, 3.05) is 0 Å². The summed E-state index contributed by atoms with van der Waals surface area (Å²) in [5, 5.41) is 0. The molecule has 0 saturated heterocycles. The van der Waals surface area contributed by atoms with E-state index in [1.165, 1.54) is 25.7 Å². The van der Waals surface area contributed by atoms with Gasteiger partial charge in [-0.1, -0.05) is 33.1 Å². The SMILES string of the molecule is CCC(C)CCCCn1cnc(C)c1. The molecule has 0 fully saturated rings. The molecule has 2 nitrogen and oxygen atoms in total. The smallest absolute Gasteiger partial charge is 0.0949 e. The quantitative estimate of drug-likeness (QED) is 0.635. The Morgan fingerprint density at radius 2 is 2.21 bits per heavy atom. The van der Waals surface area contributed by atoms with Crippen LogP contribution < -0.4 is 0 Å². The monoisotopic (exact) mass is 194 g/mol. The third kappa shape index (κ3) is 3.95. The molecule has 1 aromatic rings. The minimum absolute atomic E-state index is 0.888. The van der Waals surface area contributed by atoms with E-state index in [1.807, 2.05) is 13.3 Å². The zero-order valence-corrected chi connectivity index (χ0v) is 9.66. The van der Waals surface area contributed by atoms with Crippen LogP contribution in [-0.2, 0) is 6.54 Å². The lowest BCUT2D eigenvalue weighted by Gasteiger charge is -2.07. The second-order valence-electron chi connectivity index (χ2n) is 4.26. The van der Waals surface area contributed by atoms with Crippen molar-refractivity contribution in [1.82, 2.24) is 9.55 Å². The van der Waals surface area contributed by atoms with Gasteiger partial charge >= 0.3 is 0 Å². The van der Waals surface area contributed by atoms with Crippen LogP contribution in [0.25, 0.3) is 0 Å². The molecule has 0 aromatic carbocycles. The highest BCUT2D eigenvalue weighted by Gasteiger charge is 1.98. The highest BCUT2D eigenvalue weighted by atomic mass is 15.0. The Morgan fingerprint density at radius 3 is 2.79 bits per heavy atom. The van der Waals surface area contributed by atoms with E-state index in [4.69, 9.17) is 0 Å². The lowest BCUT2D eigenvalue weighted by Crippen LogP contribution is -1.97. The molecule has 14 heavy (non-hydrogen) atoms. The van der Waals surface area contributed by atoms with Gasteiger partial charge in [-0.15, -0.1) is 0 Å². The van der Waals surface area contributed by atoms with Gasteiger partial charge in [-0.2, -0.15) is 0 Å². The number of rotatable bonds is 6. The fourth-order valence-corrected chi connectivity index (χ4v) is 1.59. The molecule has 0 saturated carbocycles. The largest absolute Gasteiger partial charge is 0.337 e. The molecule has 0 aliphatic rings. The van der Waals surface area contributed by atoms with Crippen LogP contribution in [-0.4, -0.2) is 9.55 Å². The molecule has 0 N–H and O–H groups in total. The van der Waals surface area contributed by atoms with Gasteiger partial charge in [0.25, 0.3) is 0 Å². The Balaban J connectivity index is 2.10. The summed E-state index contributed by atoms with van der Waals surface area (Å²) in [6.07, 6.45) is 9.34. The van der Waals surface area contributed by atoms with Crippen LogP contribution in [0.1, 0.15) is 45.2 Å². The highest BCUT2D eigenvalue weighted by Crippen LogP contribution is 2.11. The molecule has 0 aliphatic carbocycles. The summed E-state index contributed by atoms with van der Waals surface area (Å²) >= 11 is 0. The standard InChI is InChI=1S/C12H22N2/c1-4-11(2)7-5-6-8-14-9-12(3)13-10-14/h9-11H,4-8H2,1-3H3. The van der Waals surface area contributed by atoms with Crippen LogP contribution in [0.5, 0.6) is 0 Å². The van der Waals surface area contributed by atoms with Crippen molar-refractivity contribution < 1.29 is 0 Å². The van der Waals surface area contributed by atoms with Crippen LogP contribution in [0.2, 0.25) is 0 Å². The van der Waals surface area contributed by atoms with Crippen molar-refractivity contribution in [2.24, 2.45) is 5.92 Å². The van der Waals surface area contributed by atoms with E-state index in [0.29, 0.717) is 0 Å². The molecule has 0 radical (unpaired) electrons. The van der Waals surface area contributed by atoms with Gasteiger partial charge in [0, 0.05) is 12.7 Å². The summed E-state index contributed by atoms with van der Waals surface area (Å²) < 4.78 is 2.19. The molecular formula is C12H22N2. The molecule has 0 bridgehead atoms. The minimum Gasteiger partial charge on any atom is -0.337 e. The fraction of sp³-hybridized carbons (Fsp3) is 0.750. The molecule has 0 aliphatic heterocycles. The van der Waals surface area contributed by atoms with Crippen molar-refractivity contribution >= 4 is 0 Å². The van der Waals surface area contributed by atoms with Crippen molar-refractivity contribution in [2.45, 2.75) is 53.0 Å². The van der Waals surface area contributed by atoms with E-state index in [0.717, 1.165) is 18.2 Å². The molecule has 1 heterocycles. The van der Waals surface area contributed by atoms with Crippen molar-refractivity contribution in [1.29, 1.82) is 0 Å². The Hall–Kier alpha value is -0.790. The molecule has 1 aromatic heterocycles. The van der Waals surface area contributed by atoms with E-state index in [-0.39, 0.29) is 0 Å². The second-order valence-corrected chi connectivity index (χ2v) is 4.26. The number of unbranched alkanes of at least 4 members (excludes halogenated alkanes) is 1. The maximum absolute atomic E-state index is 4.21. The summed E-state index contributed by atoms with van der Waals surface area (Å²) in [7, 11) is 0. The van der Waals surface area contributed by atoms with E-state index in [2.05, 4.69) is 29.6 Å². The number of hydrogen-bond donors (Lipinski definition) is 0. The van der Waals surface area contributed by atoms with Gasteiger partial charge in [-0.25, -0.2) is 4.98 Å². The molecule has 1 rings (SSSR count). The number of aromatic nitrogens is 2. The molecule has 0 amide bonds. The average Bonchev–Trinajstić information content (AvgIpc) is 2.58. The fourth-order valence-electron chi connectivity index (χ4n) is 1.59. The normalized spacial score (nSPS) is 13.1. The average molecular weight is 194 g/mol. The maximum Gasteiger partial charge on any atom is 0.0949 e. The van der Waals surface area contributed by atoms with E-state index in [1.54, 1.807) is 0 Å². The summed E-state index contributed by atoms with van der Waals surface area (Å²) in [4.78, 5) is 4.21. The number of aryl methyl sites for hydroxylation is 2. The maximum atomic E-state index is 4.21. The van der Waals surface area contributed by atoms with Gasteiger partial charge in [0.15, 0.2) is 0 Å².